The Kier molecular flexibility index (Phi) is 3.90. The summed E-state index contributed by atoms with van der Waals surface area (Å²) in [5.74, 6) is 0.703. The molecule has 1 aromatic heterocycles. The van der Waals surface area contributed by atoms with E-state index in [1.165, 1.54) is 11.1 Å². The molecule has 2 atom stereocenters. The average molecular weight is 435 g/mol. The van der Waals surface area contributed by atoms with Crippen molar-refractivity contribution < 1.29 is 0 Å². The molecule has 4 rings (SSSR count). The average Bonchev–Trinajstić information content (AvgIpc) is 3.03. The summed E-state index contributed by atoms with van der Waals surface area (Å²) < 4.78 is 4.00. The molecule has 0 bridgehead atoms. The summed E-state index contributed by atoms with van der Waals surface area (Å²) in [5, 5.41) is 15.5. The molecule has 3 aromatic rings. The molecule has 1 aliphatic rings. The number of hydrogen-bond acceptors (Lipinski definition) is 4. The zero-order chi connectivity index (χ0) is 15.8. The van der Waals surface area contributed by atoms with Crippen LogP contribution < -0.4 is 5.32 Å². The van der Waals surface area contributed by atoms with Crippen LogP contribution >= 0.6 is 31.9 Å². The molecule has 0 aliphatic carbocycles. The molecule has 5 nitrogen and oxygen atoms in total. The van der Waals surface area contributed by atoms with Gasteiger partial charge in [0.05, 0.1) is 12.1 Å². The molecular weight excluding hydrogens is 422 g/mol. The van der Waals surface area contributed by atoms with Crippen LogP contribution in [-0.2, 0) is 0 Å². The molecule has 0 saturated heterocycles. The smallest absolute Gasteiger partial charge is 0.243 e. The number of fused-ring (bicyclic) bond motifs is 1. The second-order valence-corrected chi connectivity index (χ2v) is 7.33. The lowest BCUT2D eigenvalue weighted by Gasteiger charge is -2.31. The van der Waals surface area contributed by atoms with E-state index in [0.29, 0.717) is 5.95 Å². The highest BCUT2D eigenvalue weighted by atomic mass is 79.9. The molecule has 1 aliphatic heterocycles. The third kappa shape index (κ3) is 2.90. The van der Waals surface area contributed by atoms with Crippen molar-refractivity contribution in [1.82, 2.24) is 20.2 Å². The van der Waals surface area contributed by atoms with Gasteiger partial charge in [0.15, 0.2) is 0 Å². The Balaban J connectivity index is 1.73. The first-order chi connectivity index (χ1) is 11.2. The Hall–Kier alpha value is -1.73. The van der Waals surface area contributed by atoms with Gasteiger partial charge >= 0.3 is 0 Å². The van der Waals surface area contributed by atoms with E-state index >= 15 is 0 Å². The number of nitrogens with zero attached hydrogens (tertiary/aromatic N) is 4. The second-order valence-electron chi connectivity index (χ2n) is 5.50. The van der Waals surface area contributed by atoms with E-state index in [1.54, 1.807) is 0 Å². The fourth-order valence-corrected chi connectivity index (χ4v) is 3.62. The van der Waals surface area contributed by atoms with Crippen LogP contribution in [0.2, 0.25) is 0 Å². The van der Waals surface area contributed by atoms with Crippen LogP contribution in [0.15, 0.2) is 57.5 Å². The van der Waals surface area contributed by atoms with Gasteiger partial charge in [-0.2, -0.15) is 0 Å². The Labute approximate surface area is 150 Å². The molecule has 0 amide bonds. The highest BCUT2D eigenvalue weighted by Gasteiger charge is 2.30. The van der Waals surface area contributed by atoms with Crippen LogP contribution in [0.4, 0.5) is 5.95 Å². The highest BCUT2D eigenvalue weighted by Crippen LogP contribution is 2.37. The molecule has 0 spiro atoms. The largest absolute Gasteiger partial charge is 0.346 e. The molecule has 1 N–H and O–H groups in total. The maximum Gasteiger partial charge on any atom is 0.243 e. The molecule has 0 unspecified atom stereocenters. The fourth-order valence-electron chi connectivity index (χ4n) is 2.94. The lowest BCUT2D eigenvalue weighted by atomic mass is 9.93. The van der Waals surface area contributed by atoms with Crippen LogP contribution in [-0.4, -0.2) is 20.2 Å². The minimum Gasteiger partial charge on any atom is -0.346 e. The monoisotopic (exact) mass is 433 g/mol. The van der Waals surface area contributed by atoms with E-state index < -0.39 is 0 Å². The Morgan fingerprint density at radius 2 is 1.83 bits per heavy atom. The molecule has 0 radical (unpaired) electrons. The van der Waals surface area contributed by atoms with Crippen LogP contribution in [0.5, 0.6) is 0 Å². The van der Waals surface area contributed by atoms with Gasteiger partial charge in [-0.05, 0) is 52.2 Å². The first-order valence-electron chi connectivity index (χ1n) is 7.26. The van der Waals surface area contributed by atoms with Crippen LogP contribution in [0.3, 0.4) is 0 Å². The molecule has 23 heavy (non-hydrogen) atoms. The SMILES string of the molecule is Brc1ccc([C@@H]2C[C@@H](c3cccc(Br)c3)Nc3nnnn32)cc1. The molecule has 116 valence electrons. The van der Waals surface area contributed by atoms with Crippen molar-refractivity contribution in [2.75, 3.05) is 5.32 Å². The summed E-state index contributed by atoms with van der Waals surface area (Å²) in [6.07, 6.45) is 0.885. The van der Waals surface area contributed by atoms with E-state index in [1.807, 2.05) is 16.8 Å². The Morgan fingerprint density at radius 1 is 1.00 bits per heavy atom. The van der Waals surface area contributed by atoms with Gasteiger partial charge in [-0.1, -0.05) is 61.2 Å². The van der Waals surface area contributed by atoms with Crippen molar-refractivity contribution in [1.29, 1.82) is 0 Å². The molecule has 0 fully saturated rings. The lowest BCUT2D eigenvalue weighted by molar-refractivity contribution is 0.423. The van der Waals surface area contributed by atoms with E-state index in [4.69, 9.17) is 0 Å². The Bertz CT molecular complexity index is 830. The summed E-state index contributed by atoms with van der Waals surface area (Å²) in [6.45, 7) is 0. The van der Waals surface area contributed by atoms with Crippen molar-refractivity contribution >= 4 is 37.8 Å². The molecular formula is C16H13Br2N5. The summed E-state index contributed by atoms with van der Waals surface area (Å²) >= 11 is 7.03. The number of nitrogens with one attached hydrogen (secondary N) is 1. The standard InChI is InChI=1S/C16H13Br2N5/c17-12-6-4-10(5-7-12)15-9-14(11-2-1-3-13(18)8-11)19-16-20-21-22-23(15)16/h1-8,14-15H,9H2,(H,19,20,22)/t14-,15-/m0/s1. The van der Waals surface area contributed by atoms with Crippen molar-refractivity contribution in [2.24, 2.45) is 0 Å². The first-order valence-corrected chi connectivity index (χ1v) is 8.84. The van der Waals surface area contributed by atoms with E-state index in [-0.39, 0.29) is 12.1 Å². The third-order valence-electron chi connectivity index (χ3n) is 4.06. The van der Waals surface area contributed by atoms with Crippen molar-refractivity contribution in [3.05, 3.63) is 68.6 Å². The molecule has 2 heterocycles. The quantitative estimate of drug-likeness (QED) is 0.651. The van der Waals surface area contributed by atoms with E-state index in [2.05, 4.69) is 89.1 Å². The first kappa shape index (κ1) is 14.8. The second kappa shape index (κ2) is 6.05. The normalized spacial score (nSPS) is 19.9. The van der Waals surface area contributed by atoms with Crippen molar-refractivity contribution in [2.45, 2.75) is 18.5 Å². The minimum absolute atomic E-state index is 0.110. The van der Waals surface area contributed by atoms with Gasteiger partial charge in [0.2, 0.25) is 5.95 Å². The number of aromatic nitrogens is 4. The molecule has 0 saturated carbocycles. The maximum absolute atomic E-state index is 4.15. The van der Waals surface area contributed by atoms with Crippen LogP contribution in [0.25, 0.3) is 0 Å². The predicted octanol–water partition coefficient (Wildman–Crippen LogP) is 4.34. The van der Waals surface area contributed by atoms with Gasteiger partial charge in [0, 0.05) is 8.95 Å². The zero-order valence-corrected chi connectivity index (χ0v) is 15.2. The zero-order valence-electron chi connectivity index (χ0n) is 12.0. The number of halogens is 2. The van der Waals surface area contributed by atoms with Crippen LogP contribution in [0.1, 0.15) is 29.6 Å². The van der Waals surface area contributed by atoms with Crippen LogP contribution in [0, 0.1) is 0 Å². The molecule has 2 aromatic carbocycles. The number of rotatable bonds is 2. The van der Waals surface area contributed by atoms with Crippen molar-refractivity contribution in [3.8, 4) is 0 Å². The fraction of sp³-hybridized carbons (Fsp3) is 0.188. The summed E-state index contributed by atoms with van der Waals surface area (Å²) in [7, 11) is 0. The topological polar surface area (TPSA) is 55.6 Å². The predicted molar refractivity (Wildman–Crippen MR) is 95.2 cm³/mol. The number of hydrogen-bond donors (Lipinski definition) is 1. The summed E-state index contributed by atoms with van der Waals surface area (Å²) in [5.41, 5.74) is 2.42. The minimum atomic E-state index is 0.110. The number of tetrazole rings is 1. The van der Waals surface area contributed by atoms with Gasteiger partial charge in [-0.25, -0.2) is 4.68 Å². The van der Waals surface area contributed by atoms with Crippen molar-refractivity contribution in [3.63, 3.8) is 0 Å². The van der Waals surface area contributed by atoms with E-state index in [0.717, 1.165) is 15.4 Å². The van der Waals surface area contributed by atoms with Gasteiger partial charge < -0.3 is 5.32 Å². The van der Waals surface area contributed by atoms with Gasteiger partial charge in [-0.3, -0.25) is 0 Å². The van der Waals surface area contributed by atoms with Gasteiger partial charge in [0.25, 0.3) is 0 Å². The summed E-state index contributed by atoms with van der Waals surface area (Å²) in [6, 6.07) is 16.9. The van der Waals surface area contributed by atoms with Gasteiger partial charge in [-0.15, -0.1) is 0 Å². The molecule has 7 heteroatoms. The number of benzene rings is 2. The van der Waals surface area contributed by atoms with E-state index in [9.17, 15) is 0 Å². The third-order valence-corrected chi connectivity index (χ3v) is 5.08. The van der Waals surface area contributed by atoms with Gasteiger partial charge in [0.1, 0.15) is 0 Å². The Morgan fingerprint density at radius 3 is 2.61 bits per heavy atom. The number of anilines is 1. The lowest BCUT2D eigenvalue weighted by Crippen LogP contribution is -2.28. The highest BCUT2D eigenvalue weighted by molar-refractivity contribution is 9.10. The summed E-state index contributed by atoms with van der Waals surface area (Å²) in [4.78, 5) is 0. The maximum atomic E-state index is 4.15.